The maximum atomic E-state index is 12.0. The van der Waals surface area contributed by atoms with E-state index in [1.165, 1.54) is 13.1 Å². The summed E-state index contributed by atoms with van der Waals surface area (Å²) in [6, 6.07) is 3.19. The lowest BCUT2D eigenvalue weighted by Gasteiger charge is -2.17. The molecule has 0 spiro atoms. The van der Waals surface area contributed by atoms with Gasteiger partial charge in [0, 0.05) is 24.7 Å². The molecule has 0 saturated heterocycles. The van der Waals surface area contributed by atoms with Crippen LogP contribution in [0.1, 0.15) is 39.3 Å². The van der Waals surface area contributed by atoms with E-state index < -0.39 is 11.5 Å². The molecule has 1 aromatic heterocycles. The number of ketones is 1. The average Bonchev–Trinajstić information content (AvgIpc) is 2.38. The first-order valence-electron chi connectivity index (χ1n) is 5.96. The number of nitrogens with zero attached hydrogens (tertiary/aromatic N) is 2. The normalized spacial score (nSPS) is 13.6. The van der Waals surface area contributed by atoms with Crippen LogP contribution in [0.25, 0.3) is 0 Å². The Morgan fingerprint density at radius 2 is 2.21 bits per heavy atom. The summed E-state index contributed by atoms with van der Waals surface area (Å²) in [5, 5.41) is 8.55. The number of hydrogen-bond donors (Lipinski definition) is 1. The number of carbonyl (C=O) groups excluding carboxylic acids is 2. The van der Waals surface area contributed by atoms with Gasteiger partial charge in [-0.15, -0.1) is 0 Å². The van der Waals surface area contributed by atoms with Gasteiger partial charge < -0.3 is 9.88 Å². The highest BCUT2D eigenvalue weighted by Crippen LogP contribution is 2.19. The van der Waals surface area contributed by atoms with Crippen LogP contribution in [-0.4, -0.2) is 35.2 Å². The number of rotatable bonds is 2. The monoisotopic (exact) mass is 259 g/mol. The maximum Gasteiger partial charge on any atom is 0.261 e. The topological polar surface area (TPSA) is 94.0 Å². The van der Waals surface area contributed by atoms with Gasteiger partial charge in [0.1, 0.15) is 12.1 Å². The first kappa shape index (κ1) is 13.0. The Hall–Kier alpha value is -2.42. The molecular weight excluding hydrogens is 246 g/mol. The molecule has 6 heteroatoms. The molecule has 6 nitrogen and oxygen atoms in total. The summed E-state index contributed by atoms with van der Waals surface area (Å²) in [6.45, 7) is -0.108. The van der Waals surface area contributed by atoms with Crippen LogP contribution in [0.15, 0.2) is 10.9 Å². The zero-order valence-electron chi connectivity index (χ0n) is 10.5. The van der Waals surface area contributed by atoms with Gasteiger partial charge in [0.25, 0.3) is 11.5 Å². The van der Waals surface area contributed by atoms with Gasteiger partial charge in [0.15, 0.2) is 5.78 Å². The average molecular weight is 259 g/mol. The van der Waals surface area contributed by atoms with E-state index in [4.69, 9.17) is 5.26 Å². The smallest absolute Gasteiger partial charge is 0.261 e. The van der Waals surface area contributed by atoms with Gasteiger partial charge in [-0.3, -0.25) is 14.4 Å². The van der Waals surface area contributed by atoms with Crippen LogP contribution < -0.4 is 5.56 Å². The standard InChI is InChI=1S/C13H13N3O3/c1-16(6-5-14)13(19)9-7-8-10(15-12(9)18)3-2-4-11(8)17/h7H,2-4,6H2,1H3,(H,15,18). The number of aromatic nitrogens is 1. The van der Waals surface area contributed by atoms with Gasteiger partial charge in [-0.05, 0) is 18.9 Å². The molecule has 1 aliphatic rings. The lowest BCUT2D eigenvalue weighted by molar-refractivity contribution is 0.0810. The number of carbonyl (C=O) groups is 2. The molecule has 1 aliphatic carbocycles. The second-order valence-corrected chi connectivity index (χ2v) is 4.50. The van der Waals surface area contributed by atoms with E-state index >= 15 is 0 Å². The molecule has 1 aromatic rings. The number of Topliss-reactive ketones (excluding diaryl/α,β-unsaturated/α-hetero) is 1. The fraction of sp³-hybridized carbons (Fsp3) is 0.385. The first-order chi connectivity index (χ1) is 9.04. The fourth-order valence-corrected chi connectivity index (χ4v) is 2.12. The Bertz CT molecular complexity index is 640. The number of nitriles is 1. The Morgan fingerprint density at radius 1 is 1.47 bits per heavy atom. The molecule has 0 saturated carbocycles. The molecule has 0 aromatic carbocycles. The van der Waals surface area contributed by atoms with Crippen molar-refractivity contribution in [2.75, 3.05) is 13.6 Å². The second kappa shape index (κ2) is 5.06. The van der Waals surface area contributed by atoms with Crippen molar-refractivity contribution in [1.29, 1.82) is 5.26 Å². The van der Waals surface area contributed by atoms with Crippen LogP contribution in [0.4, 0.5) is 0 Å². The Balaban J connectivity index is 2.45. The lowest BCUT2D eigenvalue weighted by atomic mass is 9.93. The lowest BCUT2D eigenvalue weighted by Crippen LogP contribution is -2.33. The molecule has 98 valence electrons. The number of amides is 1. The molecule has 1 heterocycles. The minimum atomic E-state index is -0.552. The van der Waals surface area contributed by atoms with Gasteiger partial charge in [-0.25, -0.2) is 0 Å². The number of aromatic amines is 1. The third-order valence-corrected chi connectivity index (χ3v) is 3.14. The van der Waals surface area contributed by atoms with Crippen molar-refractivity contribution >= 4 is 11.7 Å². The molecular formula is C13H13N3O3. The van der Waals surface area contributed by atoms with Crippen LogP contribution in [0, 0.1) is 11.3 Å². The van der Waals surface area contributed by atoms with E-state index in [-0.39, 0.29) is 17.9 Å². The van der Waals surface area contributed by atoms with Crippen molar-refractivity contribution in [1.82, 2.24) is 9.88 Å². The number of pyridine rings is 1. The fourth-order valence-electron chi connectivity index (χ4n) is 2.12. The minimum absolute atomic E-state index is 0.0607. The van der Waals surface area contributed by atoms with Crippen LogP contribution in [0.5, 0.6) is 0 Å². The molecule has 19 heavy (non-hydrogen) atoms. The highest BCUT2D eigenvalue weighted by molar-refractivity contribution is 6.01. The van der Waals surface area contributed by atoms with E-state index in [1.807, 2.05) is 6.07 Å². The third-order valence-electron chi connectivity index (χ3n) is 3.14. The largest absolute Gasteiger partial charge is 0.328 e. The SMILES string of the molecule is CN(CC#N)C(=O)c1cc2c([nH]c1=O)CCCC2=O. The molecule has 0 atom stereocenters. The zero-order valence-corrected chi connectivity index (χ0v) is 10.5. The molecule has 0 bridgehead atoms. The number of nitrogens with one attached hydrogen (secondary N) is 1. The van der Waals surface area contributed by atoms with E-state index in [9.17, 15) is 14.4 Å². The summed E-state index contributed by atoms with van der Waals surface area (Å²) in [5.74, 6) is -0.613. The highest BCUT2D eigenvalue weighted by Gasteiger charge is 2.23. The molecule has 2 rings (SSSR count). The van der Waals surface area contributed by atoms with Gasteiger partial charge in [-0.2, -0.15) is 5.26 Å². The van der Waals surface area contributed by atoms with Gasteiger partial charge in [-0.1, -0.05) is 0 Å². The first-order valence-corrected chi connectivity index (χ1v) is 5.96. The van der Waals surface area contributed by atoms with Crippen molar-refractivity contribution < 1.29 is 9.59 Å². The Labute approximate surface area is 109 Å². The summed E-state index contributed by atoms with van der Waals surface area (Å²) in [7, 11) is 1.44. The number of aryl methyl sites for hydroxylation is 1. The highest BCUT2D eigenvalue weighted by atomic mass is 16.2. The van der Waals surface area contributed by atoms with Crippen molar-refractivity contribution in [3.8, 4) is 6.07 Å². The summed E-state index contributed by atoms with van der Waals surface area (Å²) in [6.07, 6.45) is 1.78. The summed E-state index contributed by atoms with van der Waals surface area (Å²) in [5.41, 5.74) is 0.412. The molecule has 1 N–H and O–H groups in total. The van der Waals surface area contributed by atoms with Crippen molar-refractivity contribution in [2.45, 2.75) is 19.3 Å². The zero-order chi connectivity index (χ0) is 14.0. The van der Waals surface area contributed by atoms with Crippen molar-refractivity contribution in [2.24, 2.45) is 0 Å². The quantitative estimate of drug-likeness (QED) is 0.782. The minimum Gasteiger partial charge on any atom is -0.328 e. The molecule has 0 radical (unpaired) electrons. The maximum absolute atomic E-state index is 12.0. The van der Waals surface area contributed by atoms with Crippen molar-refractivity contribution in [3.63, 3.8) is 0 Å². The van der Waals surface area contributed by atoms with Gasteiger partial charge >= 0.3 is 0 Å². The van der Waals surface area contributed by atoms with Gasteiger partial charge in [0.05, 0.1) is 6.07 Å². The second-order valence-electron chi connectivity index (χ2n) is 4.50. The number of hydrogen-bond acceptors (Lipinski definition) is 4. The predicted molar refractivity (Wildman–Crippen MR) is 66.9 cm³/mol. The summed E-state index contributed by atoms with van der Waals surface area (Å²) >= 11 is 0. The Kier molecular flexibility index (Phi) is 3.47. The number of H-pyrrole nitrogens is 1. The van der Waals surface area contributed by atoms with Crippen LogP contribution in [0.3, 0.4) is 0 Å². The van der Waals surface area contributed by atoms with E-state index in [0.29, 0.717) is 30.5 Å². The van der Waals surface area contributed by atoms with Crippen molar-refractivity contribution in [3.05, 3.63) is 33.2 Å². The van der Waals surface area contributed by atoms with E-state index in [0.717, 1.165) is 4.90 Å². The predicted octanol–water partition coefficient (Wildman–Crippen LogP) is 0.489. The third kappa shape index (κ3) is 2.40. The Morgan fingerprint density at radius 3 is 2.89 bits per heavy atom. The summed E-state index contributed by atoms with van der Waals surface area (Å²) in [4.78, 5) is 39.4. The molecule has 1 amide bonds. The van der Waals surface area contributed by atoms with Gasteiger partial charge in [0.2, 0.25) is 0 Å². The summed E-state index contributed by atoms with van der Waals surface area (Å²) < 4.78 is 0. The van der Waals surface area contributed by atoms with Crippen LogP contribution in [0.2, 0.25) is 0 Å². The molecule has 0 aliphatic heterocycles. The number of fused-ring (bicyclic) bond motifs is 1. The molecule has 0 fully saturated rings. The van der Waals surface area contributed by atoms with Crippen LogP contribution >= 0.6 is 0 Å². The van der Waals surface area contributed by atoms with Crippen LogP contribution in [-0.2, 0) is 6.42 Å². The molecule has 0 unspecified atom stereocenters. The van der Waals surface area contributed by atoms with E-state index in [2.05, 4.69) is 4.98 Å². The van der Waals surface area contributed by atoms with E-state index in [1.54, 1.807) is 0 Å².